The van der Waals surface area contributed by atoms with Crippen molar-refractivity contribution >= 4 is 44.3 Å². The third-order valence-corrected chi connectivity index (χ3v) is 6.20. The van der Waals surface area contributed by atoms with Gasteiger partial charge in [-0.2, -0.15) is 0 Å². The average Bonchev–Trinajstić information content (AvgIpc) is 3.41. The lowest BCUT2D eigenvalue weighted by molar-refractivity contribution is 0.627. The van der Waals surface area contributed by atoms with Crippen LogP contribution in [-0.2, 0) is 12.8 Å². The molecule has 0 aliphatic carbocycles. The monoisotopic (exact) mass is 458 g/mol. The summed E-state index contributed by atoms with van der Waals surface area (Å²) >= 11 is 3.02. The molecular formula is C21H20F2N6S2. The first-order chi connectivity index (χ1) is 15.1. The number of nitrogens with one attached hydrogen (secondary N) is 2. The summed E-state index contributed by atoms with van der Waals surface area (Å²) in [4.78, 5) is 0. The summed E-state index contributed by atoms with van der Waals surface area (Å²) in [7, 11) is 0. The minimum Gasteiger partial charge on any atom is -0.330 e. The number of unbranched alkanes of at least 4 members (excludes halogenated alkanes) is 2. The van der Waals surface area contributed by atoms with Crippen LogP contribution in [0.1, 0.15) is 29.3 Å². The molecule has 0 saturated carbocycles. The van der Waals surface area contributed by atoms with Crippen molar-refractivity contribution in [1.82, 2.24) is 20.4 Å². The van der Waals surface area contributed by atoms with Gasteiger partial charge < -0.3 is 10.6 Å². The van der Waals surface area contributed by atoms with Crippen molar-refractivity contribution in [2.45, 2.75) is 32.1 Å². The SMILES string of the molecule is Fc1ccc(Nc2nnc(CCCCCc3nnc(Nc4ccc(F)cc4)s3)s2)cc1. The lowest BCUT2D eigenvalue weighted by Crippen LogP contribution is -1.89. The number of aryl methyl sites for hydroxylation is 2. The van der Waals surface area contributed by atoms with Crippen molar-refractivity contribution < 1.29 is 8.78 Å². The molecule has 0 aliphatic heterocycles. The molecule has 0 fully saturated rings. The number of hydrogen-bond acceptors (Lipinski definition) is 8. The lowest BCUT2D eigenvalue weighted by Gasteiger charge is -2.00. The van der Waals surface area contributed by atoms with Gasteiger partial charge in [0.15, 0.2) is 0 Å². The summed E-state index contributed by atoms with van der Waals surface area (Å²) in [5, 5.41) is 26.4. The minimum atomic E-state index is -0.266. The molecule has 31 heavy (non-hydrogen) atoms. The lowest BCUT2D eigenvalue weighted by atomic mass is 10.1. The van der Waals surface area contributed by atoms with Gasteiger partial charge in [0.1, 0.15) is 21.6 Å². The number of benzene rings is 2. The fourth-order valence-corrected chi connectivity index (χ4v) is 4.46. The summed E-state index contributed by atoms with van der Waals surface area (Å²) in [6.07, 6.45) is 4.84. The largest absolute Gasteiger partial charge is 0.330 e. The topological polar surface area (TPSA) is 75.6 Å². The first-order valence-electron chi connectivity index (χ1n) is 9.84. The molecule has 2 heterocycles. The van der Waals surface area contributed by atoms with Crippen LogP contribution in [0.2, 0.25) is 0 Å². The van der Waals surface area contributed by atoms with Gasteiger partial charge >= 0.3 is 0 Å². The second kappa shape index (κ2) is 10.4. The molecule has 2 aromatic heterocycles. The molecule has 6 nitrogen and oxygen atoms in total. The molecule has 0 aliphatic rings. The molecule has 10 heteroatoms. The van der Waals surface area contributed by atoms with E-state index in [1.54, 1.807) is 24.3 Å². The van der Waals surface area contributed by atoms with Gasteiger partial charge in [-0.1, -0.05) is 29.1 Å². The van der Waals surface area contributed by atoms with Gasteiger partial charge in [-0.15, -0.1) is 20.4 Å². The van der Waals surface area contributed by atoms with Crippen molar-refractivity contribution in [3.8, 4) is 0 Å². The molecule has 0 saturated heterocycles. The molecule has 2 N–H and O–H groups in total. The Kier molecular flexibility index (Phi) is 7.11. The van der Waals surface area contributed by atoms with Crippen LogP contribution < -0.4 is 10.6 Å². The van der Waals surface area contributed by atoms with Gasteiger partial charge in [-0.3, -0.25) is 0 Å². The van der Waals surface area contributed by atoms with Crippen LogP contribution in [0.25, 0.3) is 0 Å². The zero-order valence-electron chi connectivity index (χ0n) is 16.5. The Hall–Kier alpha value is -2.98. The molecule has 0 bridgehead atoms. The Morgan fingerprint density at radius 3 is 1.42 bits per heavy atom. The standard InChI is InChI=1S/C21H20F2N6S2/c22-14-6-10-16(11-7-14)24-20-28-26-18(30-20)4-2-1-3-5-19-27-29-21(31-19)25-17-12-8-15(23)9-13-17/h6-13H,1-5H2,(H,24,28)(H,25,29). The third-order valence-electron chi connectivity index (χ3n) is 4.41. The number of anilines is 4. The normalized spacial score (nSPS) is 10.9. The van der Waals surface area contributed by atoms with E-state index in [1.165, 1.54) is 46.9 Å². The highest BCUT2D eigenvalue weighted by Crippen LogP contribution is 2.24. The van der Waals surface area contributed by atoms with Crippen molar-refractivity contribution in [2.75, 3.05) is 10.6 Å². The highest BCUT2D eigenvalue weighted by molar-refractivity contribution is 7.15. The third kappa shape index (κ3) is 6.50. The molecular weight excluding hydrogens is 438 g/mol. The van der Waals surface area contributed by atoms with Crippen LogP contribution >= 0.6 is 22.7 Å². The van der Waals surface area contributed by atoms with E-state index >= 15 is 0 Å². The summed E-state index contributed by atoms with van der Waals surface area (Å²) < 4.78 is 25.9. The Bertz CT molecular complexity index is 1010. The van der Waals surface area contributed by atoms with E-state index < -0.39 is 0 Å². The molecule has 0 radical (unpaired) electrons. The minimum absolute atomic E-state index is 0.266. The fraction of sp³-hybridized carbons (Fsp3) is 0.238. The molecule has 160 valence electrons. The predicted octanol–water partition coefficient (Wildman–Crippen LogP) is 6.11. The summed E-state index contributed by atoms with van der Waals surface area (Å²) in [5.41, 5.74) is 1.57. The molecule has 4 rings (SSSR count). The Labute approximate surface area is 186 Å². The van der Waals surface area contributed by atoms with Gasteiger partial charge in [0.05, 0.1) is 0 Å². The van der Waals surface area contributed by atoms with Gasteiger partial charge in [0.2, 0.25) is 10.3 Å². The maximum Gasteiger partial charge on any atom is 0.210 e. The van der Waals surface area contributed by atoms with Gasteiger partial charge in [-0.25, -0.2) is 8.78 Å². The Morgan fingerprint density at radius 1 is 0.581 bits per heavy atom. The van der Waals surface area contributed by atoms with E-state index in [4.69, 9.17) is 0 Å². The van der Waals surface area contributed by atoms with Crippen LogP contribution in [0.3, 0.4) is 0 Å². The molecule has 0 atom stereocenters. The molecule has 0 spiro atoms. The van der Waals surface area contributed by atoms with Crippen LogP contribution in [0.5, 0.6) is 0 Å². The summed E-state index contributed by atoms with van der Waals surface area (Å²) in [5.74, 6) is -0.533. The highest BCUT2D eigenvalue weighted by atomic mass is 32.1. The number of rotatable bonds is 10. The maximum absolute atomic E-state index is 13.0. The zero-order valence-corrected chi connectivity index (χ0v) is 18.1. The van der Waals surface area contributed by atoms with Crippen molar-refractivity contribution in [3.63, 3.8) is 0 Å². The van der Waals surface area contributed by atoms with E-state index in [2.05, 4.69) is 31.0 Å². The predicted molar refractivity (Wildman–Crippen MR) is 120 cm³/mol. The van der Waals surface area contributed by atoms with E-state index in [9.17, 15) is 8.78 Å². The van der Waals surface area contributed by atoms with E-state index in [0.717, 1.165) is 53.5 Å². The summed E-state index contributed by atoms with van der Waals surface area (Å²) in [6, 6.07) is 12.3. The van der Waals surface area contributed by atoms with Crippen LogP contribution in [0.15, 0.2) is 48.5 Å². The van der Waals surface area contributed by atoms with Crippen molar-refractivity contribution in [2.24, 2.45) is 0 Å². The van der Waals surface area contributed by atoms with E-state index in [1.807, 2.05) is 0 Å². The molecule has 4 aromatic rings. The first kappa shape index (κ1) is 21.3. The van der Waals surface area contributed by atoms with Crippen LogP contribution in [-0.4, -0.2) is 20.4 Å². The molecule has 0 amide bonds. The van der Waals surface area contributed by atoms with Crippen molar-refractivity contribution in [1.29, 1.82) is 0 Å². The summed E-state index contributed by atoms with van der Waals surface area (Å²) in [6.45, 7) is 0. The Morgan fingerprint density at radius 2 is 1.00 bits per heavy atom. The number of aromatic nitrogens is 4. The molecule has 0 unspecified atom stereocenters. The molecule has 2 aromatic carbocycles. The smallest absolute Gasteiger partial charge is 0.210 e. The van der Waals surface area contributed by atoms with Crippen LogP contribution in [0.4, 0.5) is 30.4 Å². The maximum atomic E-state index is 13.0. The zero-order chi connectivity index (χ0) is 21.5. The Balaban J connectivity index is 1.15. The van der Waals surface area contributed by atoms with E-state index in [-0.39, 0.29) is 11.6 Å². The first-order valence-corrected chi connectivity index (χ1v) is 11.5. The average molecular weight is 459 g/mol. The van der Waals surface area contributed by atoms with Gasteiger partial charge in [0, 0.05) is 24.2 Å². The van der Waals surface area contributed by atoms with Crippen molar-refractivity contribution in [3.05, 3.63) is 70.2 Å². The van der Waals surface area contributed by atoms with Crippen LogP contribution in [0, 0.1) is 11.6 Å². The number of nitrogens with zero attached hydrogens (tertiary/aromatic N) is 4. The second-order valence-electron chi connectivity index (χ2n) is 6.83. The quantitative estimate of drug-likeness (QED) is 0.279. The second-order valence-corrected chi connectivity index (χ2v) is 8.95. The van der Waals surface area contributed by atoms with E-state index in [0.29, 0.717) is 10.3 Å². The fourth-order valence-electron chi connectivity index (χ4n) is 2.85. The van der Waals surface area contributed by atoms with Gasteiger partial charge in [0.25, 0.3) is 0 Å². The van der Waals surface area contributed by atoms with Gasteiger partial charge in [-0.05, 0) is 61.4 Å². The number of halogens is 2. The highest BCUT2D eigenvalue weighted by Gasteiger charge is 2.07. The number of hydrogen-bond donors (Lipinski definition) is 2.